The van der Waals surface area contributed by atoms with E-state index in [2.05, 4.69) is 4.98 Å². The molecule has 7 heteroatoms. The van der Waals surface area contributed by atoms with Crippen LogP contribution in [0.2, 0.25) is 0 Å². The molecule has 1 rings (SSSR count). The van der Waals surface area contributed by atoms with Crippen LogP contribution in [0.1, 0.15) is 19.0 Å². The van der Waals surface area contributed by atoms with Crippen LogP contribution >= 0.6 is 11.8 Å². The molecule has 104 valence electrons. The lowest BCUT2D eigenvalue weighted by Crippen LogP contribution is -2.38. The van der Waals surface area contributed by atoms with Crippen molar-refractivity contribution >= 4 is 21.8 Å². The summed E-state index contributed by atoms with van der Waals surface area (Å²) in [6.07, 6.45) is 3.93. The Morgan fingerprint density at radius 2 is 2.21 bits per heavy atom. The number of hydrogen-bond acceptors (Lipinski definition) is 5. The largest absolute Gasteiger partial charge is 0.244 e. The van der Waals surface area contributed by atoms with Crippen LogP contribution in [-0.2, 0) is 10.0 Å². The molecule has 0 radical (unpaired) electrons. The van der Waals surface area contributed by atoms with Gasteiger partial charge in [0.25, 0.3) is 0 Å². The number of pyridine rings is 1. The minimum Gasteiger partial charge on any atom is -0.244 e. The van der Waals surface area contributed by atoms with E-state index in [-0.39, 0.29) is 16.6 Å². The molecule has 0 aliphatic carbocycles. The molecule has 1 aromatic rings. The predicted octanol–water partition coefficient (Wildman–Crippen LogP) is 1.72. The summed E-state index contributed by atoms with van der Waals surface area (Å²) in [6.45, 7) is 1.96. The second-order valence-electron chi connectivity index (χ2n) is 4.03. The minimum absolute atomic E-state index is 0.0457. The fourth-order valence-electron chi connectivity index (χ4n) is 1.63. The van der Waals surface area contributed by atoms with E-state index in [9.17, 15) is 8.42 Å². The van der Waals surface area contributed by atoms with E-state index in [1.54, 1.807) is 18.8 Å². The maximum atomic E-state index is 12.4. The van der Waals surface area contributed by atoms with Crippen molar-refractivity contribution in [3.05, 3.63) is 24.0 Å². The molecule has 1 atom stereocenters. The molecule has 0 aromatic carbocycles. The summed E-state index contributed by atoms with van der Waals surface area (Å²) in [5.74, 6) is 0.746. The number of thioether (sulfide) groups is 1. The normalized spacial score (nSPS) is 13.2. The van der Waals surface area contributed by atoms with Gasteiger partial charge in [0, 0.05) is 25.0 Å². The third-order valence-corrected chi connectivity index (χ3v) is 5.48. The highest BCUT2D eigenvalue weighted by Crippen LogP contribution is 2.19. The van der Waals surface area contributed by atoms with E-state index in [0.717, 1.165) is 12.2 Å². The summed E-state index contributed by atoms with van der Waals surface area (Å²) in [4.78, 5) is 3.92. The zero-order valence-corrected chi connectivity index (χ0v) is 12.8. The van der Waals surface area contributed by atoms with E-state index in [1.165, 1.54) is 22.6 Å². The molecule has 0 N–H and O–H groups in total. The molecule has 0 fully saturated rings. The van der Waals surface area contributed by atoms with Crippen LogP contribution in [0, 0.1) is 11.3 Å². The van der Waals surface area contributed by atoms with Crippen molar-refractivity contribution in [1.29, 1.82) is 5.26 Å². The highest BCUT2D eigenvalue weighted by Gasteiger charge is 2.26. The Bertz CT molecular complexity index is 549. The van der Waals surface area contributed by atoms with E-state index in [0.29, 0.717) is 0 Å². The van der Waals surface area contributed by atoms with Crippen LogP contribution in [0.3, 0.4) is 0 Å². The van der Waals surface area contributed by atoms with Gasteiger partial charge < -0.3 is 0 Å². The van der Waals surface area contributed by atoms with Crippen LogP contribution in [-0.4, -0.2) is 42.8 Å². The number of hydrogen-bond donors (Lipinski definition) is 0. The van der Waals surface area contributed by atoms with Gasteiger partial charge >= 0.3 is 0 Å². The third kappa shape index (κ3) is 3.69. The fourth-order valence-corrected chi connectivity index (χ4v) is 3.95. The lowest BCUT2D eigenvalue weighted by molar-refractivity contribution is 0.385. The summed E-state index contributed by atoms with van der Waals surface area (Å²) in [5, 5.41) is 8.66. The van der Waals surface area contributed by atoms with Crippen molar-refractivity contribution in [2.45, 2.75) is 24.3 Å². The molecule has 0 aliphatic rings. The van der Waals surface area contributed by atoms with Crippen molar-refractivity contribution in [2.75, 3.05) is 19.1 Å². The van der Waals surface area contributed by atoms with Gasteiger partial charge in [0.1, 0.15) is 16.7 Å². The van der Waals surface area contributed by atoms with Gasteiger partial charge in [-0.1, -0.05) is 6.92 Å². The van der Waals surface area contributed by atoms with Crippen molar-refractivity contribution < 1.29 is 8.42 Å². The topological polar surface area (TPSA) is 74.1 Å². The van der Waals surface area contributed by atoms with Gasteiger partial charge in [0.15, 0.2) is 0 Å². The average Bonchev–Trinajstić information content (AvgIpc) is 2.44. The summed E-state index contributed by atoms with van der Waals surface area (Å²) < 4.78 is 26.2. The van der Waals surface area contributed by atoms with E-state index < -0.39 is 10.0 Å². The van der Waals surface area contributed by atoms with Crippen molar-refractivity contribution in [2.24, 2.45) is 0 Å². The van der Waals surface area contributed by atoms with Crippen molar-refractivity contribution in [3.8, 4) is 6.07 Å². The number of nitrogens with zero attached hydrogens (tertiary/aromatic N) is 3. The van der Waals surface area contributed by atoms with Crippen LogP contribution in [0.5, 0.6) is 0 Å². The first kappa shape index (κ1) is 16.0. The highest BCUT2D eigenvalue weighted by molar-refractivity contribution is 7.98. The lowest BCUT2D eigenvalue weighted by atomic mass is 10.3. The van der Waals surface area contributed by atoms with Crippen molar-refractivity contribution in [3.63, 3.8) is 0 Å². The molecular formula is C12H17N3O2S2. The first-order valence-corrected chi connectivity index (χ1v) is 8.63. The minimum atomic E-state index is -3.55. The zero-order valence-electron chi connectivity index (χ0n) is 11.2. The smallest absolute Gasteiger partial charge is 0.244 e. The Kier molecular flexibility index (Phi) is 5.79. The Hall–Kier alpha value is -1.10. The van der Waals surface area contributed by atoms with Gasteiger partial charge in [0.05, 0.1) is 0 Å². The Balaban J connectivity index is 3.05. The maximum absolute atomic E-state index is 12.4. The molecule has 19 heavy (non-hydrogen) atoms. The SMILES string of the molecule is CCC(CSC)N(C)S(=O)(=O)c1ccc(C#N)nc1. The predicted molar refractivity (Wildman–Crippen MR) is 76.4 cm³/mol. The second kappa shape index (κ2) is 6.89. The number of sulfonamides is 1. The Morgan fingerprint density at radius 1 is 1.53 bits per heavy atom. The van der Waals surface area contributed by atoms with E-state index in [1.807, 2.05) is 19.2 Å². The quantitative estimate of drug-likeness (QED) is 0.799. The molecule has 0 saturated heterocycles. The Labute approximate surface area is 118 Å². The molecule has 0 aliphatic heterocycles. The molecular weight excluding hydrogens is 282 g/mol. The molecule has 1 unspecified atom stereocenters. The summed E-state index contributed by atoms with van der Waals surface area (Å²) >= 11 is 1.62. The van der Waals surface area contributed by atoms with Gasteiger partial charge in [0.2, 0.25) is 10.0 Å². The first-order valence-electron chi connectivity index (χ1n) is 5.80. The van der Waals surface area contributed by atoms with E-state index >= 15 is 0 Å². The average molecular weight is 299 g/mol. The standard InChI is InChI=1S/C12H17N3O2S2/c1-4-11(9-18-3)15(2)19(16,17)12-6-5-10(7-13)14-8-12/h5-6,8,11H,4,9H2,1-3H3. The summed E-state index contributed by atoms with van der Waals surface area (Å²) in [6, 6.07) is 4.65. The van der Waals surface area contributed by atoms with Crippen LogP contribution in [0.25, 0.3) is 0 Å². The zero-order chi connectivity index (χ0) is 14.5. The monoisotopic (exact) mass is 299 g/mol. The van der Waals surface area contributed by atoms with Crippen LogP contribution in [0.4, 0.5) is 0 Å². The van der Waals surface area contributed by atoms with Crippen LogP contribution < -0.4 is 0 Å². The molecule has 0 spiro atoms. The molecule has 1 heterocycles. The Morgan fingerprint density at radius 3 is 2.63 bits per heavy atom. The highest BCUT2D eigenvalue weighted by atomic mass is 32.2. The summed E-state index contributed by atoms with van der Waals surface area (Å²) in [7, 11) is -1.97. The van der Waals surface area contributed by atoms with Gasteiger partial charge in [-0.25, -0.2) is 13.4 Å². The van der Waals surface area contributed by atoms with Gasteiger partial charge in [-0.2, -0.15) is 21.3 Å². The molecule has 1 aromatic heterocycles. The number of rotatable bonds is 6. The first-order chi connectivity index (χ1) is 8.97. The molecule has 5 nitrogen and oxygen atoms in total. The van der Waals surface area contributed by atoms with Gasteiger partial charge in [-0.05, 0) is 24.8 Å². The lowest BCUT2D eigenvalue weighted by Gasteiger charge is -2.25. The third-order valence-electron chi connectivity index (χ3n) is 2.87. The summed E-state index contributed by atoms with van der Waals surface area (Å²) in [5.41, 5.74) is 0.206. The van der Waals surface area contributed by atoms with Gasteiger partial charge in [-0.3, -0.25) is 0 Å². The van der Waals surface area contributed by atoms with Gasteiger partial charge in [-0.15, -0.1) is 0 Å². The molecule has 0 amide bonds. The number of nitriles is 1. The fraction of sp³-hybridized carbons (Fsp3) is 0.500. The molecule has 0 saturated carbocycles. The molecule has 0 bridgehead atoms. The van der Waals surface area contributed by atoms with Crippen LogP contribution in [0.15, 0.2) is 23.2 Å². The van der Waals surface area contributed by atoms with E-state index in [4.69, 9.17) is 5.26 Å². The number of aromatic nitrogens is 1. The second-order valence-corrected chi connectivity index (χ2v) is 6.94. The van der Waals surface area contributed by atoms with Crippen molar-refractivity contribution in [1.82, 2.24) is 9.29 Å². The maximum Gasteiger partial charge on any atom is 0.244 e.